The minimum Gasteiger partial charge on any atom is -0.335 e. The number of amides is 1. The van der Waals surface area contributed by atoms with Gasteiger partial charge in [0.1, 0.15) is 0 Å². The van der Waals surface area contributed by atoms with Crippen molar-refractivity contribution >= 4 is 11.4 Å². The van der Waals surface area contributed by atoms with Gasteiger partial charge >= 0.3 is 0 Å². The van der Waals surface area contributed by atoms with Crippen LogP contribution in [0.2, 0.25) is 0 Å². The fraction of sp³-hybridized carbons (Fsp3) is 0.300. The molecule has 1 amide bonds. The Morgan fingerprint density at radius 3 is 2.67 bits per heavy atom. The standard InChI is InChI=1S/C20H19N3O/c24-20(22-13-14-9-10-16(22)11-14)17-12-21-23-18(7-4-8-19(17)23)15-5-2-1-3-6-15/h1-8,12,14,16H,9-11,13H2. The number of rotatable bonds is 2. The van der Waals surface area contributed by atoms with E-state index < -0.39 is 0 Å². The molecule has 5 rings (SSSR count). The molecule has 1 aliphatic carbocycles. The van der Waals surface area contributed by atoms with Crippen molar-refractivity contribution in [2.24, 2.45) is 5.92 Å². The average molecular weight is 317 g/mol. The van der Waals surface area contributed by atoms with Gasteiger partial charge in [-0.25, -0.2) is 4.52 Å². The number of carbonyl (C=O) groups excluding carboxylic acids is 1. The minimum atomic E-state index is 0.141. The predicted octanol–water partition coefficient (Wildman–Crippen LogP) is 3.63. The van der Waals surface area contributed by atoms with Crippen molar-refractivity contribution in [3.63, 3.8) is 0 Å². The fourth-order valence-electron chi connectivity index (χ4n) is 4.33. The molecule has 2 aromatic heterocycles. The second-order valence-corrected chi connectivity index (χ2v) is 6.92. The van der Waals surface area contributed by atoms with Crippen molar-refractivity contribution in [3.05, 3.63) is 60.3 Å². The molecule has 1 aliphatic heterocycles. The molecule has 2 aliphatic rings. The molecule has 2 bridgehead atoms. The topological polar surface area (TPSA) is 37.6 Å². The smallest absolute Gasteiger partial charge is 0.257 e. The van der Waals surface area contributed by atoms with Crippen molar-refractivity contribution in [3.8, 4) is 11.3 Å². The van der Waals surface area contributed by atoms with Crippen LogP contribution in [0.5, 0.6) is 0 Å². The molecular formula is C20H19N3O. The van der Waals surface area contributed by atoms with E-state index in [0.29, 0.717) is 12.0 Å². The first-order valence-electron chi connectivity index (χ1n) is 8.64. The Balaban J connectivity index is 1.58. The molecule has 4 heteroatoms. The number of benzene rings is 1. The molecule has 3 aromatic rings. The summed E-state index contributed by atoms with van der Waals surface area (Å²) < 4.78 is 1.89. The normalized spacial score (nSPS) is 22.4. The molecule has 1 saturated carbocycles. The molecule has 1 saturated heterocycles. The molecule has 24 heavy (non-hydrogen) atoms. The van der Waals surface area contributed by atoms with Crippen LogP contribution in [0.15, 0.2) is 54.7 Å². The number of aromatic nitrogens is 2. The summed E-state index contributed by atoms with van der Waals surface area (Å²) in [5, 5.41) is 4.52. The molecule has 120 valence electrons. The number of nitrogens with zero attached hydrogens (tertiary/aromatic N) is 3. The van der Waals surface area contributed by atoms with Gasteiger partial charge < -0.3 is 4.90 Å². The maximum absolute atomic E-state index is 13.0. The van der Waals surface area contributed by atoms with E-state index in [4.69, 9.17) is 0 Å². The number of pyridine rings is 1. The minimum absolute atomic E-state index is 0.141. The Morgan fingerprint density at radius 1 is 1.04 bits per heavy atom. The average Bonchev–Trinajstić information content (AvgIpc) is 3.36. The van der Waals surface area contributed by atoms with Crippen LogP contribution in [0.25, 0.3) is 16.8 Å². The van der Waals surface area contributed by atoms with E-state index in [1.807, 2.05) is 40.9 Å². The zero-order valence-corrected chi connectivity index (χ0v) is 13.4. The number of likely N-dealkylation sites (tertiary alicyclic amines) is 1. The van der Waals surface area contributed by atoms with Crippen LogP contribution in [0.4, 0.5) is 0 Å². The van der Waals surface area contributed by atoms with E-state index in [-0.39, 0.29) is 5.91 Å². The van der Waals surface area contributed by atoms with Crippen LogP contribution in [-0.2, 0) is 0 Å². The molecule has 0 radical (unpaired) electrons. The van der Waals surface area contributed by atoms with E-state index in [9.17, 15) is 4.79 Å². The first kappa shape index (κ1) is 13.8. The van der Waals surface area contributed by atoms with Crippen molar-refractivity contribution < 1.29 is 4.79 Å². The highest BCUT2D eigenvalue weighted by molar-refractivity contribution is 6.01. The molecule has 1 aromatic carbocycles. The SMILES string of the molecule is O=C(c1cnn2c(-c3ccccc3)cccc12)N1CC2CCC1C2. The van der Waals surface area contributed by atoms with Gasteiger partial charge in [-0.15, -0.1) is 0 Å². The highest BCUT2D eigenvalue weighted by Gasteiger charge is 2.41. The van der Waals surface area contributed by atoms with Crippen molar-refractivity contribution in [1.29, 1.82) is 0 Å². The van der Waals surface area contributed by atoms with Gasteiger partial charge in [-0.05, 0) is 37.3 Å². The third kappa shape index (κ3) is 1.99. The summed E-state index contributed by atoms with van der Waals surface area (Å²) in [5.41, 5.74) is 3.73. The summed E-state index contributed by atoms with van der Waals surface area (Å²) in [7, 11) is 0. The summed E-state index contributed by atoms with van der Waals surface area (Å²) in [6.07, 6.45) is 5.35. The van der Waals surface area contributed by atoms with E-state index >= 15 is 0 Å². The van der Waals surface area contributed by atoms with Crippen LogP contribution in [0.3, 0.4) is 0 Å². The summed E-state index contributed by atoms with van der Waals surface area (Å²) in [6, 6.07) is 16.7. The van der Waals surface area contributed by atoms with Gasteiger partial charge in [0.2, 0.25) is 0 Å². The van der Waals surface area contributed by atoms with Crippen LogP contribution in [0.1, 0.15) is 29.6 Å². The predicted molar refractivity (Wildman–Crippen MR) is 92.8 cm³/mol. The fourth-order valence-corrected chi connectivity index (χ4v) is 4.33. The lowest BCUT2D eigenvalue weighted by atomic mass is 10.1. The van der Waals surface area contributed by atoms with Gasteiger partial charge in [0.25, 0.3) is 5.91 Å². The highest BCUT2D eigenvalue weighted by atomic mass is 16.2. The maximum atomic E-state index is 13.0. The monoisotopic (exact) mass is 317 g/mol. The molecule has 0 N–H and O–H groups in total. The Labute approximate surface area is 140 Å². The molecule has 4 nitrogen and oxygen atoms in total. The Morgan fingerprint density at radius 2 is 1.92 bits per heavy atom. The van der Waals surface area contributed by atoms with Crippen molar-refractivity contribution in [2.75, 3.05) is 6.54 Å². The number of carbonyl (C=O) groups is 1. The summed E-state index contributed by atoms with van der Waals surface area (Å²) in [6.45, 7) is 0.916. The summed E-state index contributed by atoms with van der Waals surface area (Å²) in [4.78, 5) is 15.1. The van der Waals surface area contributed by atoms with Crippen molar-refractivity contribution in [1.82, 2.24) is 14.5 Å². The largest absolute Gasteiger partial charge is 0.335 e. The second-order valence-electron chi connectivity index (χ2n) is 6.92. The Kier molecular flexibility index (Phi) is 2.98. The lowest BCUT2D eigenvalue weighted by molar-refractivity contribution is 0.0705. The van der Waals surface area contributed by atoms with Crippen LogP contribution in [-0.4, -0.2) is 33.0 Å². The van der Waals surface area contributed by atoms with Crippen LogP contribution >= 0.6 is 0 Å². The van der Waals surface area contributed by atoms with Crippen LogP contribution < -0.4 is 0 Å². The second kappa shape index (κ2) is 5.20. The lowest BCUT2D eigenvalue weighted by Crippen LogP contribution is -2.37. The Bertz CT molecular complexity index is 915. The molecule has 2 unspecified atom stereocenters. The molecule has 0 spiro atoms. The van der Waals surface area contributed by atoms with E-state index in [2.05, 4.69) is 22.1 Å². The summed E-state index contributed by atoms with van der Waals surface area (Å²) >= 11 is 0. The summed E-state index contributed by atoms with van der Waals surface area (Å²) in [5.74, 6) is 0.850. The first-order valence-corrected chi connectivity index (χ1v) is 8.64. The maximum Gasteiger partial charge on any atom is 0.257 e. The quantitative estimate of drug-likeness (QED) is 0.724. The molecule has 2 fully saturated rings. The lowest BCUT2D eigenvalue weighted by Gasteiger charge is -2.26. The van der Waals surface area contributed by atoms with Gasteiger partial charge in [0.05, 0.1) is 23.0 Å². The van der Waals surface area contributed by atoms with Gasteiger partial charge in [-0.1, -0.05) is 36.4 Å². The van der Waals surface area contributed by atoms with Gasteiger partial charge in [-0.3, -0.25) is 4.79 Å². The molecular weight excluding hydrogens is 298 g/mol. The number of piperidine rings is 1. The van der Waals surface area contributed by atoms with E-state index in [0.717, 1.165) is 35.3 Å². The van der Waals surface area contributed by atoms with Crippen molar-refractivity contribution in [2.45, 2.75) is 25.3 Å². The Hall–Kier alpha value is -2.62. The highest BCUT2D eigenvalue weighted by Crippen LogP contribution is 2.38. The molecule has 2 atom stereocenters. The number of hydrogen-bond donors (Lipinski definition) is 0. The van der Waals surface area contributed by atoms with Gasteiger partial charge in [-0.2, -0.15) is 5.10 Å². The third-order valence-corrected chi connectivity index (χ3v) is 5.51. The molecule has 3 heterocycles. The van der Waals surface area contributed by atoms with Gasteiger partial charge in [0, 0.05) is 18.2 Å². The number of fused-ring (bicyclic) bond motifs is 3. The first-order chi connectivity index (χ1) is 11.8. The number of hydrogen-bond acceptors (Lipinski definition) is 2. The van der Waals surface area contributed by atoms with E-state index in [1.54, 1.807) is 6.20 Å². The van der Waals surface area contributed by atoms with E-state index in [1.165, 1.54) is 12.8 Å². The zero-order chi connectivity index (χ0) is 16.1. The zero-order valence-electron chi connectivity index (χ0n) is 13.4. The van der Waals surface area contributed by atoms with Gasteiger partial charge in [0.15, 0.2) is 0 Å². The van der Waals surface area contributed by atoms with Crippen LogP contribution in [0, 0.1) is 5.92 Å². The third-order valence-electron chi connectivity index (χ3n) is 5.51.